The summed E-state index contributed by atoms with van der Waals surface area (Å²) >= 11 is 2.73. The predicted octanol–water partition coefficient (Wildman–Crippen LogP) is 5.66. The van der Waals surface area contributed by atoms with Crippen molar-refractivity contribution in [2.45, 2.75) is 83.3 Å². The van der Waals surface area contributed by atoms with Gasteiger partial charge in [0.15, 0.2) is 0 Å². The fourth-order valence-electron chi connectivity index (χ4n) is 4.03. The minimum absolute atomic E-state index is 0.00421. The number of thioether (sulfide) groups is 1. The average molecular weight is 491 g/mol. The molecule has 0 fully saturated rings. The van der Waals surface area contributed by atoms with Crippen LogP contribution in [-0.2, 0) is 28.0 Å². The van der Waals surface area contributed by atoms with Gasteiger partial charge in [0.05, 0.1) is 17.8 Å². The molecule has 1 unspecified atom stereocenters. The lowest BCUT2D eigenvalue weighted by Crippen LogP contribution is -2.44. The number of aromatic nitrogens is 1. The summed E-state index contributed by atoms with van der Waals surface area (Å²) in [6.07, 6.45) is 1.42. The Morgan fingerprint density at radius 1 is 1.33 bits per heavy atom. The summed E-state index contributed by atoms with van der Waals surface area (Å²) in [4.78, 5) is 19.5. The number of carbonyl (C=O) groups excluding carboxylic acids is 1. The van der Waals surface area contributed by atoms with Gasteiger partial charge < -0.3 is 20.7 Å². The Bertz CT molecular complexity index is 1070. The van der Waals surface area contributed by atoms with Crippen molar-refractivity contribution in [3.63, 3.8) is 0 Å². The lowest BCUT2D eigenvalue weighted by Gasteiger charge is -2.40. The van der Waals surface area contributed by atoms with Gasteiger partial charge in [0, 0.05) is 21.9 Å². The van der Waals surface area contributed by atoms with E-state index in [-0.39, 0.29) is 35.0 Å². The van der Waals surface area contributed by atoms with Crippen LogP contribution in [0.3, 0.4) is 0 Å². The lowest BCUT2D eigenvalue weighted by atomic mass is 9.80. The van der Waals surface area contributed by atoms with Crippen LogP contribution in [0.2, 0.25) is 0 Å². The second kappa shape index (κ2) is 9.68. The Balaban J connectivity index is 1.91. The van der Waals surface area contributed by atoms with E-state index in [4.69, 9.17) is 10.5 Å². The molecule has 1 atom stereocenters. The maximum Gasteiger partial charge on any atom is 0.349 e. The van der Waals surface area contributed by atoms with Crippen molar-refractivity contribution in [3.05, 3.63) is 50.0 Å². The molecule has 6 nitrogen and oxygen atoms in total. The number of rotatable bonds is 7. The Labute approximate surface area is 204 Å². The number of anilines is 1. The highest BCUT2D eigenvalue weighted by Crippen LogP contribution is 2.45. The largest absolute Gasteiger partial charge is 0.511 e. The predicted molar refractivity (Wildman–Crippen MR) is 134 cm³/mol. The number of hydrogen-bond donors (Lipinski definition) is 3. The van der Waals surface area contributed by atoms with E-state index in [1.807, 2.05) is 32.9 Å². The molecule has 1 aliphatic rings. The minimum Gasteiger partial charge on any atom is -0.511 e. The molecule has 0 saturated heterocycles. The molecular formula is C25H34N2O4S2. The summed E-state index contributed by atoms with van der Waals surface area (Å²) in [5.74, 6) is -0.436. The van der Waals surface area contributed by atoms with Crippen LogP contribution in [-0.4, -0.2) is 26.8 Å². The molecule has 8 heteroatoms. The van der Waals surface area contributed by atoms with Gasteiger partial charge in [0.25, 0.3) is 0 Å². The molecule has 33 heavy (non-hydrogen) atoms. The zero-order valence-electron chi connectivity index (χ0n) is 20.2. The number of esters is 1. The van der Waals surface area contributed by atoms with Crippen LogP contribution >= 0.6 is 23.1 Å². The number of aryl methyl sites for hydroxylation is 2. The van der Waals surface area contributed by atoms with Crippen molar-refractivity contribution in [3.8, 4) is 0 Å². The van der Waals surface area contributed by atoms with Crippen molar-refractivity contribution < 1.29 is 19.7 Å². The summed E-state index contributed by atoms with van der Waals surface area (Å²) in [7, 11) is 0. The third-order valence-electron chi connectivity index (χ3n) is 6.30. The first-order valence-electron chi connectivity index (χ1n) is 11.1. The first kappa shape index (κ1) is 25.6. The fourth-order valence-corrected chi connectivity index (χ4v) is 6.05. The number of nitrogens with two attached hydrogens (primary N) is 1. The second-order valence-electron chi connectivity index (χ2n) is 10.00. The van der Waals surface area contributed by atoms with Crippen molar-refractivity contribution in [1.82, 2.24) is 4.98 Å². The van der Waals surface area contributed by atoms with Gasteiger partial charge in [-0.15, -0.1) is 11.3 Å². The summed E-state index contributed by atoms with van der Waals surface area (Å²) in [5, 5.41) is 20.5. The minimum atomic E-state index is -0.814. The number of cyclic esters (lactones) is 1. The van der Waals surface area contributed by atoms with E-state index in [1.54, 1.807) is 5.51 Å². The Hall–Kier alpha value is -2.03. The Morgan fingerprint density at radius 2 is 2.03 bits per heavy atom. The monoisotopic (exact) mass is 490 g/mol. The van der Waals surface area contributed by atoms with Crippen molar-refractivity contribution in [1.29, 1.82) is 0 Å². The molecule has 3 rings (SSSR count). The van der Waals surface area contributed by atoms with Crippen molar-refractivity contribution >= 4 is 34.8 Å². The number of aliphatic hydroxyl groups excluding tert-OH is 2. The van der Waals surface area contributed by atoms with Gasteiger partial charge in [0.2, 0.25) is 0 Å². The Morgan fingerprint density at radius 3 is 2.61 bits per heavy atom. The molecule has 180 valence electrons. The molecule has 2 heterocycles. The smallest absolute Gasteiger partial charge is 0.349 e. The van der Waals surface area contributed by atoms with E-state index < -0.39 is 11.6 Å². The van der Waals surface area contributed by atoms with E-state index in [0.717, 1.165) is 20.9 Å². The van der Waals surface area contributed by atoms with Crippen molar-refractivity contribution in [2.75, 3.05) is 5.73 Å². The molecule has 1 aromatic heterocycles. The van der Waals surface area contributed by atoms with Crippen LogP contribution < -0.4 is 5.73 Å². The van der Waals surface area contributed by atoms with E-state index >= 15 is 0 Å². The van der Waals surface area contributed by atoms with Gasteiger partial charge in [-0.1, -0.05) is 46.4 Å². The molecule has 0 radical (unpaired) electrons. The quantitative estimate of drug-likeness (QED) is 0.340. The number of nitrogens with zero attached hydrogens (tertiary/aromatic N) is 1. The van der Waals surface area contributed by atoms with Crippen LogP contribution in [0.15, 0.2) is 33.2 Å². The zero-order chi connectivity index (χ0) is 24.6. The summed E-state index contributed by atoms with van der Waals surface area (Å²) in [5.41, 5.74) is 10.2. The molecular weight excluding hydrogens is 456 g/mol. The highest BCUT2D eigenvalue weighted by Gasteiger charge is 2.44. The van der Waals surface area contributed by atoms with E-state index in [9.17, 15) is 15.0 Å². The van der Waals surface area contributed by atoms with Crippen LogP contribution in [0.25, 0.3) is 0 Å². The average Bonchev–Trinajstić information content (AvgIpc) is 3.18. The zero-order valence-corrected chi connectivity index (χ0v) is 21.8. The summed E-state index contributed by atoms with van der Waals surface area (Å²) in [6.45, 7) is 12.1. The molecule has 0 saturated carbocycles. The first-order chi connectivity index (χ1) is 15.4. The maximum absolute atomic E-state index is 13.2. The van der Waals surface area contributed by atoms with E-state index in [2.05, 4.69) is 25.8 Å². The van der Waals surface area contributed by atoms with Gasteiger partial charge >= 0.3 is 5.97 Å². The maximum atomic E-state index is 13.2. The SMILES string of the molecule is Cc1cc(SC2=C(O)CC(CCc3scnc3CO)(C(C)C)OC2=O)c(C(C)(C)C)cc1N. The molecule has 0 spiro atoms. The molecule has 0 bridgehead atoms. The van der Waals surface area contributed by atoms with Gasteiger partial charge in [-0.2, -0.15) is 0 Å². The molecule has 2 aromatic rings. The molecule has 1 aliphatic heterocycles. The standard InChI is InChI=1S/C25H34N2O4S2/c1-14(2)25(8-7-20-18(12-28)27-13-32-20)11-19(29)22(23(30)31-25)33-21-9-15(3)17(26)10-16(21)24(4,5)6/h9-10,13-14,28-29H,7-8,11-12,26H2,1-6H3. The van der Waals surface area contributed by atoms with Crippen LogP contribution in [0, 0.1) is 12.8 Å². The number of thiazole rings is 1. The topological polar surface area (TPSA) is 106 Å². The van der Waals surface area contributed by atoms with E-state index in [0.29, 0.717) is 24.2 Å². The van der Waals surface area contributed by atoms with Gasteiger partial charge in [0.1, 0.15) is 16.3 Å². The van der Waals surface area contributed by atoms with Gasteiger partial charge in [-0.25, -0.2) is 9.78 Å². The molecule has 4 N–H and O–H groups in total. The third kappa shape index (κ3) is 5.39. The number of nitrogen functional groups attached to an aromatic ring is 1. The first-order valence-corrected chi connectivity index (χ1v) is 12.8. The number of aliphatic hydroxyl groups is 2. The summed E-state index contributed by atoms with van der Waals surface area (Å²) < 4.78 is 6.06. The molecule has 1 aromatic carbocycles. The normalized spacial score (nSPS) is 19.3. The highest BCUT2D eigenvalue weighted by atomic mass is 32.2. The molecule has 0 amide bonds. The fraction of sp³-hybridized carbons (Fsp3) is 0.520. The molecule has 0 aliphatic carbocycles. The second-order valence-corrected chi connectivity index (χ2v) is 12.0. The summed E-state index contributed by atoms with van der Waals surface area (Å²) in [6, 6.07) is 3.92. The number of carbonyl (C=O) groups is 1. The van der Waals surface area contributed by atoms with Crippen molar-refractivity contribution in [2.24, 2.45) is 5.92 Å². The number of hydrogen-bond acceptors (Lipinski definition) is 8. The number of ether oxygens (including phenoxy) is 1. The highest BCUT2D eigenvalue weighted by molar-refractivity contribution is 8.04. The van der Waals surface area contributed by atoms with Gasteiger partial charge in [-0.3, -0.25) is 0 Å². The van der Waals surface area contributed by atoms with Crippen LogP contribution in [0.5, 0.6) is 0 Å². The van der Waals surface area contributed by atoms with Crippen LogP contribution in [0.4, 0.5) is 5.69 Å². The van der Waals surface area contributed by atoms with Crippen LogP contribution in [0.1, 0.15) is 69.2 Å². The van der Waals surface area contributed by atoms with E-state index in [1.165, 1.54) is 23.1 Å². The Kier molecular flexibility index (Phi) is 7.51. The number of benzene rings is 1. The van der Waals surface area contributed by atoms with Gasteiger partial charge in [-0.05, 0) is 54.4 Å². The third-order valence-corrected chi connectivity index (χ3v) is 8.40. The lowest BCUT2D eigenvalue weighted by molar-refractivity contribution is -0.164.